The molecule has 2 rings (SSSR count). The number of carboxylic acid groups (broad SMARTS) is 1. The van der Waals surface area contributed by atoms with Gasteiger partial charge in [0.1, 0.15) is 6.04 Å². The lowest BCUT2D eigenvalue weighted by Crippen LogP contribution is -2.42. The van der Waals surface area contributed by atoms with Crippen molar-refractivity contribution in [3.05, 3.63) is 23.4 Å². The van der Waals surface area contributed by atoms with E-state index in [1.54, 1.807) is 13.3 Å². The molecule has 0 spiro atoms. The van der Waals surface area contributed by atoms with E-state index in [2.05, 4.69) is 4.98 Å². The minimum absolute atomic E-state index is 0.435. The minimum Gasteiger partial charge on any atom is -0.481 e. The molecule has 1 saturated carbocycles. The molecule has 5 heteroatoms. The number of aliphatic carboxylic acids is 1. The third-order valence-corrected chi connectivity index (χ3v) is 3.45. The second-order valence-corrected chi connectivity index (χ2v) is 4.52. The van der Waals surface area contributed by atoms with E-state index in [1.165, 1.54) is 0 Å². The highest BCUT2D eigenvalue weighted by Gasteiger charge is 2.52. The van der Waals surface area contributed by atoms with Gasteiger partial charge in [0.05, 0.1) is 7.11 Å². The van der Waals surface area contributed by atoms with Crippen molar-refractivity contribution in [1.29, 1.82) is 0 Å². The molecule has 1 atom stereocenters. The summed E-state index contributed by atoms with van der Waals surface area (Å²) in [5.74, 6) is -0.399. The molecule has 0 amide bonds. The lowest BCUT2D eigenvalue weighted by atomic mass is 9.89. The number of aryl methyl sites for hydroxylation is 1. The van der Waals surface area contributed by atoms with Crippen LogP contribution in [-0.2, 0) is 10.2 Å². The average Bonchev–Trinajstić information content (AvgIpc) is 3.09. The number of methoxy groups -OCH3 is 1. The van der Waals surface area contributed by atoms with Gasteiger partial charge in [0.25, 0.3) is 0 Å². The Labute approximate surface area is 99.6 Å². The van der Waals surface area contributed by atoms with Gasteiger partial charge in [-0.25, -0.2) is 4.98 Å². The van der Waals surface area contributed by atoms with Crippen molar-refractivity contribution >= 4 is 5.97 Å². The zero-order valence-electron chi connectivity index (χ0n) is 9.93. The van der Waals surface area contributed by atoms with Gasteiger partial charge in [-0.2, -0.15) is 0 Å². The first kappa shape index (κ1) is 11.9. The van der Waals surface area contributed by atoms with E-state index >= 15 is 0 Å². The van der Waals surface area contributed by atoms with Crippen LogP contribution >= 0.6 is 0 Å². The number of carboxylic acids is 1. The first-order valence-corrected chi connectivity index (χ1v) is 5.51. The number of carbonyl (C=O) groups is 1. The Balaban J connectivity index is 2.35. The first-order valence-electron chi connectivity index (χ1n) is 5.51. The molecule has 1 unspecified atom stereocenters. The summed E-state index contributed by atoms with van der Waals surface area (Å²) in [7, 11) is 1.56. The molecule has 0 aliphatic heterocycles. The van der Waals surface area contributed by atoms with Crippen LogP contribution in [0.1, 0.15) is 24.0 Å². The summed E-state index contributed by atoms with van der Waals surface area (Å²) in [6.07, 6.45) is 3.27. The van der Waals surface area contributed by atoms with Gasteiger partial charge in [0, 0.05) is 17.2 Å². The number of rotatable bonds is 4. The number of hydrogen-bond donors (Lipinski definition) is 2. The second-order valence-electron chi connectivity index (χ2n) is 4.52. The van der Waals surface area contributed by atoms with Crippen molar-refractivity contribution in [2.45, 2.75) is 31.2 Å². The third-order valence-electron chi connectivity index (χ3n) is 3.45. The van der Waals surface area contributed by atoms with Crippen molar-refractivity contribution in [2.24, 2.45) is 5.73 Å². The Morgan fingerprint density at radius 2 is 2.29 bits per heavy atom. The Morgan fingerprint density at radius 3 is 2.71 bits per heavy atom. The summed E-state index contributed by atoms with van der Waals surface area (Å²) in [6.45, 7) is 1.89. The van der Waals surface area contributed by atoms with Crippen LogP contribution in [0.15, 0.2) is 12.3 Å². The van der Waals surface area contributed by atoms with Gasteiger partial charge < -0.3 is 15.6 Å². The van der Waals surface area contributed by atoms with Gasteiger partial charge in [0.2, 0.25) is 5.88 Å². The van der Waals surface area contributed by atoms with E-state index in [-0.39, 0.29) is 0 Å². The molecule has 0 radical (unpaired) electrons. The fourth-order valence-electron chi connectivity index (χ4n) is 2.20. The fraction of sp³-hybridized carbons (Fsp3) is 0.500. The predicted octanol–water partition coefficient (Wildman–Crippen LogP) is 0.842. The number of nitrogens with zero attached hydrogens (tertiary/aromatic N) is 1. The van der Waals surface area contributed by atoms with E-state index in [0.717, 1.165) is 24.0 Å². The largest absolute Gasteiger partial charge is 0.481 e. The summed E-state index contributed by atoms with van der Waals surface area (Å²) >= 11 is 0. The molecule has 1 aliphatic carbocycles. The molecule has 1 heterocycles. The van der Waals surface area contributed by atoms with Crippen LogP contribution in [0.2, 0.25) is 0 Å². The quantitative estimate of drug-likeness (QED) is 0.809. The lowest BCUT2D eigenvalue weighted by Gasteiger charge is -2.20. The molecule has 1 aromatic heterocycles. The first-order chi connectivity index (χ1) is 8.01. The normalized spacial score (nSPS) is 18.5. The summed E-state index contributed by atoms with van der Waals surface area (Å²) in [6, 6.07) is 1.05. The number of pyridine rings is 1. The van der Waals surface area contributed by atoms with Crippen LogP contribution in [-0.4, -0.2) is 29.2 Å². The van der Waals surface area contributed by atoms with Gasteiger partial charge in [0.15, 0.2) is 0 Å². The number of aromatic nitrogens is 1. The Hall–Kier alpha value is -1.62. The zero-order valence-corrected chi connectivity index (χ0v) is 9.93. The maximum absolute atomic E-state index is 11.0. The fourth-order valence-corrected chi connectivity index (χ4v) is 2.20. The molecule has 1 fully saturated rings. The van der Waals surface area contributed by atoms with E-state index in [4.69, 9.17) is 15.6 Å². The van der Waals surface area contributed by atoms with Crippen molar-refractivity contribution in [3.8, 4) is 5.88 Å². The molecule has 1 aromatic rings. The van der Waals surface area contributed by atoms with Crippen molar-refractivity contribution < 1.29 is 14.6 Å². The smallest absolute Gasteiger partial charge is 0.321 e. The van der Waals surface area contributed by atoms with Gasteiger partial charge in [-0.1, -0.05) is 0 Å². The number of nitrogens with two attached hydrogens (primary N) is 1. The maximum atomic E-state index is 11.0. The molecule has 0 aromatic carbocycles. The average molecular weight is 236 g/mol. The topological polar surface area (TPSA) is 85.4 Å². The Bertz CT molecular complexity index is 455. The highest BCUT2D eigenvalue weighted by molar-refractivity contribution is 5.77. The van der Waals surface area contributed by atoms with E-state index in [1.807, 2.05) is 13.0 Å². The molecule has 17 heavy (non-hydrogen) atoms. The summed E-state index contributed by atoms with van der Waals surface area (Å²) in [5, 5.41) is 9.02. The van der Waals surface area contributed by atoms with Crippen LogP contribution in [0.25, 0.3) is 0 Å². The summed E-state index contributed by atoms with van der Waals surface area (Å²) in [5.41, 5.74) is 7.11. The lowest BCUT2D eigenvalue weighted by molar-refractivity contribution is -0.139. The highest BCUT2D eigenvalue weighted by Crippen LogP contribution is 2.50. The summed E-state index contributed by atoms with van der Waals surface area (Å²) in [4.78, 5) is 15.2. The van der Waals surface area contributed by atoms with Gasteiger partial charge in [-0.05, 0) is 31.4 Å². The van der Waals surface area contributed by atoms with Crippen LogP contribution < -0.4 is 10.5 Å². The predicted molar refractivity (Wildman–Crippen MR) is 62.0 cm³/mol. The van der Waals surface area contributed by atoms with E-state index in [0.29, 0.717) is 5.88 Å². The van der Waals surface area contributed by atoms with Gasteiger partial charge in [-0.3, -0.25) is 4.79 Å². The minimum atomic E-state index is -0.962. The molecular weight excluding hydrogens is 220 g/mol. The molecule has 0 bridgehead atoms. The zero-order chi connectivity index (χ0) is 12.6. The third kappa shape index (κ3) is 1.86. The van der Waals surface area contributed by atoms with Crippen LogP contribution in [0.3, 0.4) is 0 Å². The van der Waals surface area contributed by atoms with Gasteiger partial charge >= 0.3 is 5.97 Å². The number of ether oxygens (including phenoxy) is 1. The van der Waals surface area contributed by atoms with Crippen molar-refractivity contribution in [3.63, 3.8) is 0 Å². The van der Waals surface area contributed by atoms with Crippen LogP contribution in [0.5, 0.6) is 5.88 Å². The maximum Gasteiger partial charge on any atom is 0.321 e. The second kappa shape index (κ2) is 4.00. The van der Waals surface area contributed by atoms with Crippen LogP contribution in [0.4, 0.5) is 0 Å². The molecule has 0 saturated heterocycles. The summed E-state index contributed by atoms with van der Waals surface area (Å²) < 4.78 is 5.08. The Morgan fingerprint density at radius 1 is 1.65 bits per heavy atom. The van der Waals surface area contributed by atoms with Crippen molar-refractivity contribution in [1.82, 2.24) is 4.98 Å². The standard InChI is InChI=1S/C12H16N2O3/c1-7-5-8(6-14-10(7)17-2)12(3-4-12)9(13)11(15)16/h5-6,9H,3-4,13H2,1-2H3,(H,15,16). The Kier molecular flexibility index (Phi) is 2.79. The highest BCUT2D eigenvalue weighted by atomic mass is 16.5. The molecule has 3 N–H and O–H groups in total. The van der Waals surface area contributed by atoms with E-state index < -0.39 is 17.4 Å². The SMILES string of the molecule is COc1ncc(C2(C(N)C(=O)O)CC2)cc1C. The molecular formula is C12H16N2O3. The molecule has 92 valence electrons. The monoisotopic (exact) mass is 236 g/mol. The molecule has 1 aliphatic rings. The molecule has 5 nitrogen and oxygen atoms in total. The van der Waals surface area contributed by atoms with Crippen molar-refractivity contribution in [2.75, 3.05) is 7.11 Å². The van der Waals surface area contributed by atoms with Crippen LogP contribution in [0, 0.1) is 6.92 Å². The van der Waals surface area contributed by atoms with E-state index in [9.17, 15) is 4.79 Å². The number of hydrogen-bond acceptors (Lipinski definition) is 4. The van der Waals surface area contributed by atoms with Gasteiger partial charge in [-0.15, -0.1) is 0 Å².